The zero-order valence-corrected chi connectivity index (χ0v) is 15.6. The van der Waals surface area contributed by atoms with Gasteiger partial charge in [-0.2, -0.15) is 0 Å². The van der Waals surface area contributed by atoms with Gasteiger partial charge in [0.05, 0.1) is 12.5 Å². The predicted molar refractivity (Wildman–Crippen MR) is 95.1 cm³/mol. The molecule has 9 heteroatoms. The summed E-state index contributed by atoms with van der Waals surface area (Å²) in [6, 6.07) is 4.07. The summed E-state index contributed by atoms with van der Waals surface area (Å²) >= 11 is 0. The van der Waals surface area contributed by atoms with Gasteiger partial charge in [0.2, 0.25) is 5.91 Å². The molecule has 1 aromatic carbocycles. The smallest absolute Gasteiger partial charge is 0.450 e. The molecule has 3 rings (SSSR count). The fourth-order valence-electron chi connectivity index (χ4n) is 3.78. The second-order valence-corrected chi connectivity index (χ2v) is 6.92. The van der Waals surface area contributed by atoms with Gasteiger partial charge in [-0.15, -0.1) is 13.2 Å². The van der Waals surface area contributed by atoms with E-state index in [2.05, 4.69) is 4.74 Å². The molecule has 0 spiro atoms. The Morgan fingerprint density at radius 1 is 1.21 bits per heavy atom. The quantitative estimate of drug-likeness (QED) is 0.776. The van der Waals surface area contributed by atoms with Gasteiger partial charge in [-0.25, -0.2) is 4.79 Å². The van der Waals surface area contributed by atoms with Crippen LogP contribution < -0.4 is 9.64 Å². The highest BCUT2D eigenvalue weighted by atomic mass is 19.4. The highest BCUT2D eigenvalue weighted by Gasteiger charge is 2.35. The van der Waals surface area contributed by atoms with E-state index in [1.54, 1.807) is 16.7 Å². The lowest BCUT2D eigenvalue weighted by atomic mass is 9.94. The maximum absolute atomic E-state index is 13.1. The van der Waals surface area contributed by atoms with Crippen molar-refractivity contribution in [3.05, 3.63) is 23.8 Å². The van der Waals surface area contributed by atoms with Gasteiger partial charge in [0.25, 0.3) is 0 Å². The number of amides is 2. The summed E-state index contributed by atoms with van der Waals surface area (Å²) in [5, 5.41) is 0. The number of benzene rings is 1. The van der Waals surface area contributed by atoms with Gasteiger partial charge in [0, 0.05) is 25.3 Å². The lowest BCUT2D eigenvalue weighted by molar-refractivity contribution is -0.274. The number of anilines is 1. The van der Waals surface area contributed by atoms with E-state index >= 15 is 0 Å². The van der Waals surface area contributed by atoms with E-state index in [1.807, 2.05) is 0 Å². The number of ether oxygens (including phenoxy) is 2. The average molecular weight is 400 g/mol. The maximum atomic E-state index is 13.1. The van der Waals surface area contributed by atoms with Gasteiger partial charge in [0.1, 0.15) is 5.75 Å². The van der Waals surface area contributed by atoms with Gasteiger partial charge in [-0.1, -0.05) is 0 Å². The zero-order chi connectivity index (χ0) is 20.3. The van der Waals surface area contributed by atoms with E-state index in [-0.39, 0.29) is 24.2 Å². The topological polar surface area (TPSA) is 59.1 Å². The molecular formula is C19H23F3N2O4. The van der Waals surface area contributed by atoms with Crippen molar-refractivity contribution < 1.29 is 32.2 Å². The highest BCUT2D eigenvalue weighted by molar-refractivity contribution is 5.96. The number of fused-ring (bicyclic) bond motifs is 1. The Hall–Kier alpha value is -2.45. The monoisotopic (exact) mass is 400 g/mol. The van der Waals surface area contributed by atoms with Crippen molar-refractivity contribution in [2.45, 2.75) is 39.0 Å². The number of nitrogens with zero attached hydrogens (tertiary/aromatic N) is 2. The SMILES string of the molecule is CCOC(=O)N1CCCC(C(=O)N2CCCc3cc(OC(F)(F)F)ccc32)C1. The maximum Gasteiger partial charge on any atom is 0.573 e. The Bertz CT molecular complexity index is 738. The van der Waals surface area contributed by atoms with Crippen LogP contribution in [-0.4, -0.2) is 49.5 Å². The molecule has 0 saturated carbocycles. The van der Waals surface area contributed by atoms with Crippen LogP contribution in [0.5, 0.6) is 5.75 Å². The van der Waals surface area contributed by atoms with E-state index in [0.717, 1.165) is 0 Å². The standard InChI is InChI=1S/C19H23F3N2O4/c1-2-27-18(26)23-9-3-6-14(12-23)17(25)24-10-4-5-13-11-15(7-8-16(13)24)28-19(20,21)22/h7-8,11,14H,2-6,9-10,12H2,1H3. The highest BCUT2D eigenvalue weighted by Crippen LogP contribution is 2.34. The van der Waals surface area contributed by atoms with E-state index in [0.29, 0.717) is 56.6 Å². The average Bonchev–Trinajstić information content (AvgIpc) is 2.66. The van der Waals surface area contributed by atoms with Crippen LogP contribution in [0.4, 0.5) is 23.7 Å². The third kappa shape index (κ3) is 4.69. The molecule has 2 aliphatic heterocycles. The molecule has 2 amide bonds. The van der Waals surface area contributed by atoms with Gasteiger partial charge >= 0.3 is 12.5 Å². The first kappa shape index (κ1) is 20.3. The van der Waals surface area contributed by atoms with Crippen LogP contribution in [0.3, 0.4) is 0 Å². The van der Waals surface area contributed by atoms with E-state index in [9.17, 15) is 22.8 Å². The lowest BCUT2D eigenvalue weighted by Crippen LogP contribution is -2.48. The summed E-state index contributed by atoms with van der Waals surface area (Å²) in [4.78, 5) is 28.2. The Labute approximate surface area is 161 Å². The Morgan fingerprint density at radius 2 is 2.00 bits per heavy atom. The summed E-state index contributed by atoms with van der Waals surface area (Å²) in [5.41, 5.74) is 1.26. The molecule has 0 radical (unpaired) electrons. The summed E-state index contributed by atoms with van der Waals surface area (Å²) in [6.07, 6.45) is -2.58. The van der Waals surface area contributed by atoms with E-state index < -0.39 is 12.5 Å². The molecule has 1 unspecified atom stereocenters. The minimum Gasteiger partial charge on any atom is -0.450 e. The molecule has 1 atom stereocenters. The first-order valence-corrected chi connectivity index (χ1v) is 9.40. The van der Waals surface area contributed by atoms with Crippen molar-refractivity contribution in [1.29, 1.82) is 0 Å². The normalized spacial score (nSPS) is 19.8. The molecule has 0 bridgehead atoms. The molecule has 0 N–H and O–H groups in total. The number of carbonyl (C=O) groups excluding carboxylic acids is 2. The fourth-order valence-corrected chi connectivity index (χ4v) is 3.78. The predicted octanol–water partition coefficient (Wildman–Crippen LogP) is 3.73. The van der Waals surface area contributed by atoms with Crippen molar-refractivity contribution in [3.63, 3.8) is 0 Å². The molecule has 0 aromatic heterocycles. The molecule has 6 nitrogen and oxygen atoms in total. The number of hydrogen-bond donors (Lipinski definition) is 0. The van der Waals surface area contributed by atoms with E-state index in [4.69, 9.17) is 4.74 Å². The number of carbonyl (C=O) groups is 2. The van der Waals surface area contributed by atoms with Crippen molar-refractivity contribution in [2.24, 2.45) is 5.92 Å². The van der Waals surface area contributed by atoms with Gasteiger partial charge in [-0.05, 0) is 56.4 Å². The van der Waals surface area contributed by atoms with Crippen LogP contribution in [0.15, 0.2) is 18.2 Å². The first-order valence-electron chi connectivity index (χ1n) is 9.40. The summed E-state index contributed by atoms with van der Waals surface area (Å²) in [5.74, 6) is -0.749. The number of aryl methyl sites for hydroxylation is 1. The fraction of sp³-hybridized carbons (Fsp3) is 0.579. The van der Waals surface area contributed by atoms with Gasteiger partial charge in [0.15, 0.2) is 0 Å². The Morgan fingerprint density at radius 3 is 2.71 bits per heavy atom. The third-order valence-electron chi connectivity index (χ3n) is 4.97. The molecule has 28 heavy (non-hydrogen) atoms. The van der Waals surface area contributed by atoms with Crippen LogP contribution in [0.25, 0.3) is 0 Å². The molecule has 1 saturated heterocycles. The van der Waals surface area contributed by atoms with Crippen molar-refractivity contribution in [2.75, 3.05) is 31.1 Å². The number of alkyl halides is 3. The molecule has 1 aromatic rings. The number of rotatable bonds is 3. The van der Waals surface area contributed by atoms with Crippen molar-refractivity contribution in [3.8, 4) is 5.75 Å². The Kier molecular flexibility index (Phi) is 6.00. The Balaban J connectivity index is 1.74. The number of hydrogen-bond acceptors (Lipinski definition) is 4. The molecule has 2 heterocycles. The minimum atomic E-state index is -4.75. The largest absolute Gasteiger partial charge is 0.573 e. The lowest BCUT2D eigenvalue weighted by Gasteiger charge is -2.36. The molecule has 2 aliphatic rings. The second kappa shape index (κ2) is 8.28. The summed E-state index contributed by atoms with van der Waals surface area (Å²) < 4.78 is 46.3. The van der Waals surface area contributed by atoms with Crippen LogP contribution in [-0.2, 0) is 16.0 Å². The van der Waals surface area contributed by atoms with Gasteiger partial charge < -0.3 is 19.3 Å². The molecule has 154 valence electrons. The van der Waals surface area contributed by atoms with Crippen LogP contribution in [0.1, 0.15) is 31.7 Å². The molecule has 0 aliphatic carbocycles. The summed E-state index contributed by atoms with van der Waals surface area (Å²) in [7, 11) is 0. The third-order valence-corrected chi connectivity index (χ3v) is 4.97. The molecule has 1 fully saturated rings. The second-order valence-electron chi connectivity index (χ2n) is 6.92. The van der Waals surface area contributed by atoms with Crippen molar-refractivity contribution >= 4 is 17.7 Å². The van der Waals surface area contributed by atoms with Crippen LogP contribution >= 0.6 is 0 Å². The number of likely N-dealkylation sites (tertiary alicyclic amines) is 1. The van der Waals surface area contributed by atoms with Gasteiger partial charge in [-0.3, -0.25) is 4.79 Å². The minimum absolute atomic E-state index is 0.112. The first-order chi connectivity index (χ1) is 13.3. The van der Waals surface area contributed by atoms with Crippen molar-refractivity contribution in [1.82, 2.24) is 4.90 Å². The molecular weight excluding hydrogens is 377 g/mol. The van der Waals surface area contributed by atoms with Crippen LogP contribution in [0.2, 0.25) is 0 Å². The number of piperidine rings is 1. The number of halogens is 3. The van der Waals surface area contributed by atoms with E-state index in [1.165, 1.54) is 18.2 Å². The van der Waals surface area contributed by atoms with Crippen LogP contribution in [0, 0.1) is 5.92 Å². The summed E-state index contributed by atoms with van der Waals surface area (Å²) in [6.45, 7) is 3.35. The zero-order valence-electron chi connectivity index (χ0n) is 15.6.